The van der Waals surface area contributed by atoms with Crippen LogP contribution < -0.4 is 5.32 Å². The lowest BCUT2D eigenvalue weighted by atomic mass is 10.0. The van der Waals surface area contributed by atoms with Gasteiger partial charge >= 0.3 is 0 Å². The van der Waals surface area contributed by atoms with Gasteiger partial charge < -0.3 is 5.32 Å². The molecule has 1 nitrogen and oxygen atoms in total. The third-order valence-electron chi connectivity index (χ3n) is 2.83. The first-order chi connectivity index (χ1) is 9.10. The van der Waals surface area contributed by atoms with Crippen LogP contribution in [0, 0.1) is 3.57 Å². The fourth-order valence-electron chi connectivity index (χ4n) is 1.95. The maximum atomic E-state index is 6.21. The molecule has 1 N–H and O–H groups in total. The minimum Gasteiger partial charge on any atom is -0.310 e. The monoisotopic (exact) mass is 425 g/mol. The quantitative estimate of drug-likeness (QED) is 0.619. The zero-order chi connectivity index (χ0) is 13.8. The lowest BCUT2D eigenvalue weighted by Gasteiger charge is -2.18. The molecule has 0 saturated carbocycles. The molecular formula is C14H14Cl2INS. The van der Waals surface area contributed by atoms with Crippen LogP contribution in [-0.2, 0) is 6.42 Å². The van der Waals surface area contributed by atoms with Crippen molar-refractivity contribution in [1.29, 1.82) is 0 Å². The maximum absolute atomic E-state index is 6.21. The maximum Gasteiger partial charge on any atom is 0.0931 e. The summed E-state index contributed by atoms with van der Waals surface area (Å²) >= 11 is 16.1. The first-order valence-corrected chi connectivity index (χ1v) is 8.67. The van der Waals surface area contributed by atoms with E-state index in [9.17, 15) is 0 Å². The molecule has 0 saturated heterocycles. The average Bonchev–Trinajstić information content (AvgIpc) is 2.78. The number of hydrogen-bond donors (Lipinski definition) is 1. The summed E-state index contributed by atoms with van der Waals surface area (Å²) in [6, 6.07) is 10.6. The molecule has 1 unspecified atom stereocenters. The molecule has 1 aromatic carbocycles. The van der Waals surface area contributed by atoms with Gasteiger partial charge in [0.1, 0.15) is 0 Å². The van der Waals surface area contributed by atoms with E-state index in [1.54, 1.807) is 11.3 Å². The number of hydrogen-bond acceptors (Lipinski definition) is 2. The van der Waals surface area contributed by atoms with E-state index in [2.05, 4.69) is 53.0 Å². The van der Waals surface area contributed by atoms with E-state index >= 15 is 0 Å². The van der Waals surface area contributed by atoms with Crippen LogP contribution in [0.25, 0.3) is 0 Å². The van der Waals surface area contributed by atoms with Gasteiger partial charge in [-0.1, -0.05) is 36.2 Å². The summed E-state index contributed by atoms with van der Waals surface area (Å²) in [5.41, 5.74) is 1.22. The van der Waals surface area contributed by atoms with Crippen LogP contribution in [-0.4, -0.2) is 6.54 Å². The normalized spacial score (nSPS) is 12.6. The molecule has 2 rings (SSSR count). The largest absolute Gasteiger partial charge is 0.310 e. The van der Waals surface area contributed by atoms with Gasteiger partial charge in [-0.2, -0.15) is 0 Å². The highest BCUT2D eigenvalue weighted by Gasteiger charge is 2.13. The van der Waals surface area contributed by atoms with Gasteiger partial charge in [-0.15, -0.1) is 11.3 Å². The van der Waals surface area contributed by atoms with E-state index in [-0.39, 0.29) is 6.04 Å². The average molecular weight is 426 g/mol. The van der Waals surface area contributed by atoms with Gasteiger partial charge in [0.15, 0.2) is 0 Å². The van der Waals surface area contributed by atoms with E-state index in [1.807, 2.05) is 12.1 Å². The lowest BCUT2D eigenvalue weighted by molar-refractivity contribution is 0.553. The van der Waals surface area contributed by atoms with E-state index in [4.69, 9.17) is 23.2 Å². The predicted octanol–water partition coefficient (Wildman–Crippen LogP) is 5.55. The highest BCUT2D eigenvalue weighted by atomic mass is 127. The Morgan fingerprint density at radius 3 is 2.63 bits per heavy atom. The minimum absolute atomic E-state index is 0.272. The topological polar surface area (TPSA) is 12.0 Å². The molecule has 0 aliphatic carbocycles. The molecule has 0 aliphatic rings. The summed E-state index contributed by atoms with van der Waals surface area (Å²) in [5, 5.41) is 4.32. The third kappa shape index (κ3) is 4.33. The number of likely N-dealkylation sites (N-methyl/N-ethyl adjacent to an activating group) is 1. The second kappa shape index (κ2) is 7.27. The molecule has 1 atom stereocenters. The summed E-state index contributed by atoms with van der Waals surface area (Å²) in [7, 11) is 0. The van der Waals surface area contributed by atoms with Crippen LogP contribution in [0.5, 0.6) is 0 Å². The summed E-state index contributed by atoms with van der Waals surface area (Å²) < 4.78 is 1.92. The van der Waals surface area contributed by atoms with E-state index in [0.717, 1.165) is 25.9 Å². The number of rotatable bonds is 5. The Kier molecular flexibility index (Phi) is 5.96. The summed E-state index contributed by atoms with van der Waals surface area (Å²) in [6.45, 7) is 3.04. The van der Waals surface area contributed by atoms with Crippen molar-refractivity contribution in [2.45, 2.75) is 19.4 Å². The van der Waals surface area contributed by atoms with E-state index in [1.165, 1.54) is 10.4 Å². The molecule has 0 aliphatic heterocycles. The molecule has 0 bridgehead atoms. The van der Waals surface area contributed by atoms with Crippen molar-refractivity contribution in [3.63, 3.8) is 0 Å². The van der Waals surface area contributed by atoms with Gasteiger partial charge in [0.25, 0.3) is 0 Å². The molecule has 2 aromatic rings. The minimum atomic E-state index is 0.272. The number of benzene rings is 1. The molecule has 0 spiro atoms. The molecule has 1 heterocycles. The molecular weight excluding hydrogens is 412 g/mol. The fraction of sp³-hybridized carbons (Fsp3) is 0.286. The Balaban J connectivity index is 2.21. The van der Waals surface area contributed by atoms with Crippen LogP contribution in [0.15, 0.2) is 30.3 Å². The number of nitrogens with one attached hydrogen (secondary N) is 1. The highest BCUT2D eigenvalue weighted by molar-refractivity contribution is 14.1. The van der Waals surface area contributed by atoms with Gasteiger partial charge in [-0.3, -0.25) is 0 Å². The zero-order valence-electron chi connectivity index (χ0n) is 10.4. The first kappa shape index (κ1) is 15.6. The number of thiophene rings is 1. The Hall–Kier alpha value is 0.190. The molecule has 19 heavy (non-hydrogen) atoms. The van der Waals surface area contributed by atoms with Crippen molar-refractivity contribution in [1.82, 2.24) is 5.32 Å². The van der Waals surface area contributed by atoms with Crippen molar-refractivity contribution in [3.05, 3.63) is 53.7 Å². The van der Waals surface area contributed by atoms with Gasteiger partial charge in [0, 0.05) is 20.9 Å². The van der Waals surface area contributed by atoms with Crippen molar-refractivity contribution < 1.29 is 0 Å². The van der Waals surface area contributed by atoms with Crippen molar-refractivity contribution >= 4 is 57.1 Å². The predicted molar refractivity (Wildman–Crippen MR) is 93.6 cm³/mol. The van der Waals surface area contributed by atoms with Gasteiger partial charge in [0.05, 0.1) is 9.36 Å². The van der Waals surface area contributed by atoms with Crippen molar-refractivity contribution in [3.8, 4) is 0 Å². The third-order valence-corrected chi connectivity index (χ3v) is 5.66. The molecule has 5 heteroatoms. The summed E-state index contributed by atoms with van der Waals surface area (Å²) in [6.07, 6.45) is 0.933. The molecule has 0 fully saturated rings. The van der Waals surface area contributed by atoms with Gasteiger partial charge in [0.2, 0.25) is 0 Å². The second-order valence-corrected chi connectivity index (χ2v) is 7.56. The molecule has 0 radical (unpaired) electrons. The lowest BCUT2D eigenvalue weighted by Crippen LogP contribution is -2.22. The SMILES string of the molecule is CCNC(Cc1ccc(Cl)s1)c1ccc(I)c(Cl)c1. The Morgan fingerprint density at radius 1 is 1.26 bits per heavy atom. The Labute approximate surface area is 141 Å². The highest BCUT2D eigenvalue weighted by Crippen LogP contribution is 2.29. The zero-order valence-corrected chi connectivity index (χ0v) is 14.9. The van der Waals surface area contributed by atoms with Crippen molar-refractivity contribution in [2.75, 3.05) is 6.54 Å². The van der Waals surface area contributed by atoms with Crippen LogP contribution >= 0.6 is 57.1 Å². The number of halogens is 3. The first-order valence-electron chi connectivity index (χ1n) is 6.02. The van der Waals surface area contributed by atoms with Crippen LogP contribution in [0.4, 0.5) is 0 Å². The van der Waals surface area contributed by atoms with E-state index in [0.29, 0.717) is 0 Å². The van der Waals surface area contributed by atoms with Gasteiger partial charge in [-0.25, -0.2) is 0 Å². The Morgan fingerprint density at radius 2 is 2.05 bits per heavy atom. The van der Waals surface area contributed by atoms with Crippen molar-refractivity contribution in [2.24, 2.45) is 0 Å². The smallest absolute Gasteiger partial charge is 0.0931 e. The summed E-state index contributed by atoms with van der Waals surface area (Å²) in [4.78, 5) is 1.28. The standard InChI is InChI=1S/C14H14Cl2INS/c1-2-18-13(8-10-4-6-14(16)19-10)9-3-5-12(17)11(15)7-9/h3-7,13,18H,2,8H2,1H3. The summed E-state index contributed by atoms with van der Waals surface area (Å²) in [5.74, 6) is 0. The van der Waals surface area contributed by atoms with Gasteiger partial charge in [-0.05, 0) is 59.0 Å². The molecule has 0 amide bonds. The molecule has 102 valence electrons. The van der Waals surface area contributed by atoms with Crippen LogP contribution in [0.2, 0.25) is 9.36 Å². The fourth-order valence-corrected chi connectivity index (χ4v) is 3.60. The molecule has 1 aromatic heterocycles. The second-order valence-electron chi connectivity index (χ2n) is 4.19. The Bertz CT molecular complexity index is 556. The van der Waals surface area contributed by atoms with E-state index < -0.39 is 0 Å². The van der Waals surface area contributed by atoms with Crippen LogP contribution in [0.1, 0.15) is 23.4 Å². The van der Waals surface area contributed by atoms with Crippen LogP contribution in [0.3, 0.4) is 0 Å².